The maximum Gasteiger partial charge on any atom is 0.573 e. The van der Waals surface area contributed by atoms with Crippen LogP contribution in [0.3, 0.4) is 0 Å². The van der Waals surface area contributed by atoms with Crippen molar-refractivity contribution in [3.63, 3.8) is 0 Å². The van der Waals surface area contributed by atoms with Gasteiger partial charge < -0.3 is 9.47 Å². The number of aromatic nitrogens is 1. The first kappa shape index (κ1) is 33.3. The summed E-state index contributed by atoms with van der Waals surface area (Å²) in [7, 11) is 0. The smallest absolute Gasteiger partial charge is 0.429 e. The zero-order valence-corrected chi connectivity index (χ0v) is 25.2. The molecular formula is C36H34F7NO2. The summed E-state index contributed by atoms with van der Waals surface area (Å²) in [6.07, 6.45) is 2.64. The Balaban J connectivity index is 1.21. The van der Waals surface area contributed by atoms with Crippen LogP contribution < -0.4 is 9.47 Å². The minimum Gasteiger partial charge on any atom is -0.429 e. The molecule has 1 fully saturated rings. The highest BCUT2D eigenvalue weighted by Crippen LogP contribution is 2.39. The zero-order chi connectivity index (χ0) is 32.9. The Morgan fingerprint density at radius 3 is 2.02 bits per heavy atom. The molecule has 1 heterocycles. The number of ether oxygens (including phenoxy) is 2. The first-order valence-corrected chi connectivity index (χ1v) is 15.4. The topological polar surface area (TPSA) is 31.4 Å². The van der Waals surface area contributed by atoms with Crippen LogP contribution in [-0.4, -0.2) is 11.3 Å². The van der Waals surface area contributed by atoms with E-state index < -0.39 is 41.2 Å². The first-order valence-electron chi connectivity index (χ1n) is 15.4. The van der Waals surface area contributed by atoms with Crippen molar-refractivity contribution in [1.82, 2.24) is 4.98 Å². The standard InChI is InChI=1S/C36H34F7NO2/c1-2-3-4-5-23-6-8-25(9-7-23)28-15-18-33(44-22-28)26-12-10-24(11-13-26)27-14-17-30(31(37)20-27)35(39,40)45-29-16-19-34(32(38)21-29)46-36(41,42)43/h10-23,25H,2-9H2,1H3. The van der Waals surface area contributed by atoms with Crippen molar-refractivity contribution < 1.29 is 40.2 Å². The average Bonchev–Trinajstić information content (AvgIpc) is 3.02. The fraction of sp³-hybridized carbons (Fsp3) is 0.361. The summed E-state index contributed by atoms with van der Waals surface area (Å²) in [5.41, 5.74) is 2.67. The second kappa shape index (κ2) is 14.1. The van der Waals surface area contributed by atoms with E-state index >= 15 is 0 Å². The SMILES string of the molecule is CCCCCC1CCC(c2ccc(-c3ccc(-c4ccc(C(F)(F)Oc5ccc(OC(F)(F)F)c(F)c5)c(F)c4)cc3)nc2)CC1. The maximum atomic E-state index is 14.9. The molecule has 5 rings (SSSR count). The molecule has 244 valence electrons. The zero-order valence-electron chi connectivity index (χ0n) is 25.2. The number of benzene rings is 3. The molecule has 1 aliphatic rings. The van der Waals surface area contributed by atoms with Crippen molar-refractivity contribution in [3.05, 3.63) is 102 Å². The van der Waals surface area contributed by atoms with E-state index in [0.717, 1.165) is 29.3 Å². The summed E-state index contributed by atoms with van der Waals surface area (Å²) >= 11 is 0. The molecule has 0 bridgehead atoms. The van der Waals surface area contributed by atoms with Gasteiger partial charge in [-0.3, -0.25) is 4.98 Å². The maximum absolute atomic E-state index is 14.9. The molecular weight excluding hydrogens is 611 g/mol. The summed E-state index contributed by atoms with van der Waals surface area (Å²) in [5.74, 6) is -3.53. The molecule has 0 amide bonds. The van der Waals surface area contributed by atoms with E-state index in [1.54, 1.807) is 12.1 Å². The molecule has 0 unspecified atom stereocenters. The fourth-order valence-corrected chi connectivity index (χ4v) is 6.00. The quantitative estimate of drug-likeness (QED) is 0.120. The molecule has 46 heavy (non-hydrogen) atoms. The molecule has 0 radical (unpaired) electrons. The largest absolute Gasteiger partial charge is 0.573 e. The Labute approximate surface area is 263 Å². The minimum atomic E-state index is -5.17. The molecule has 1 aromatic heterocycles. The van der Waals surface area contributed by atoms with Crippen LogP contribution in [0.25, 0.3) is 22.4 Å². The third-order valence-electron chi connectivity index (χ3n) is 8.49. The van der Waals surface area contributed by atoms with Gasteiger partial charge in [0, 0.05) is 17.8 Å². The van der Waals surface area contributed by atoms with Gasteiger partial charge in [-0.05, 0) is 84.5 Å². The molecule has 3 aromatic carbocycles. The molecule has 0 N–H and O–H groups in total. The van der Waals surface area contributed by atoms with Gasteiger partial charge in [-0.1, -0.05) is 69.0 Å². The van der Waals surface area contributed by atoms with E-state index in [1.807, 2.05) is 24.4 Å². The highest BCUT2D eigenvalue weighted by molar-refractivity contribution is 5.69. The predicted octanol–water partition coefficient (Wildman–Crippen LogP) is 11.6. The van der Waals surface area contributed by atoms with Gasteiger partial charge in [-0.15, -0.1) is 13.2 Å². The molecule has 4 aromatic rings. The summed E-state index contributed by atoms with van der Waals surface area (Å²) in [4.78, 5) is 4.68. The van der Waals surface area contributed by atoms with Gasteiger partial charge in [-0.25, -0.2) is 8.78 Å². The predicted molar refractivity (Wildman–Crippen MR) is 162 cm³/mol. The van der Waals surface area contributed by atoms with E-state index in [2.05, 4.69) is 27.4 Å². The van der Waals surface area contributed by atoms with Gasteiger partial charge in [0.05, 0.1) is 11.3 Å². The van der Waals surface area contributed by atoms with Crippen LogP contribution in [0.1, 0.15) is 75.3 Å². The van der Waals surface area contributed by atoms with Gasteiger partial charge >= 0.3 is 12.5 Å². The van der Waals surface area contributed by atoms with Crippen molar-refractivity contribution in [2.45, 2.75) is 76.7 Å². The van der Waals surface area contributed by atoms with Crippen molar-refractivity contribution in [3.8, 4) is 33.9 Å². The Kier molecular flexibility index (Phi) is 10.2. The van der Waals surface area contributed by atoms with Crippen LogP contribution in [0.2, 0.25) is 0 Å². The van der Waals surface area contributed by atoms with Gasteiger partial charge in [-0.2, -0.15) is 8.78 Å². The Bertz CT molecular complexity index is 1600. The molecule has 0 atom stereocenters. The van der Waals surface area contributed by atoms with Gasteiger partial charge in [0.1, 0.15) is 11.6 Å². The fourth-order valence-electron chi connectivity index (χ4n) is 6.00. The Morgan fingerprint density at radius 2 is 1.41 bits per heavy atom. The minimum absolute atomic E-state index is 0.297. The number of alkyl halides is 5. The molecule has 3 nitrogen and oxygen atoms in total. The number of hydrogen-bond donors (Lipinski definition) is 0. The summed E-state index contributed by atoms with van der Waals surface area (Å²) < 4.78 is 103. The van der Waals surface area contributed by atoms with Crippen LogP contribution in [0, 0.1) is 17.6 Å². The Hall–Kier alpha value is -4.08. The second-order valence-electron chi connectivity index (χ2n) is 11.7. The molecule has 0 saturated heterocycles. The monoisotopic (exact) mass is 645 g/mol. The van der Waals surface area contributed by atoms with E-state index in [-0.39, 0.29) is 0 Å². The lowest BCUT2D eigenvalue weighted by molar-refractivity contribution is -0.275. The lowest BCUT2D eigenvalue weighted by Crippen LogP contribution is -2.23. The third kappa shape index (κ3) is 8.39. The molecule has 10 heteroatoms. The van der Waals surface area contributed by atoms with E-state index in [4.69, 9.17) is 0 Å². The van der Waals surface area contributed by atoms with E-state index in [0.29, 0.717) is 35.2 Å². The summed E-state index contributed by atoms with van der Waals surface area (Å²) in [5, 5.41) is 0. The average molecular weight is 646 g/mol. The van der Waals surface area contributed by atoms with Crippen molar-refractivity contribution >= 4 is 0 Å². The highest BCUT2D eigenvalue weighted by atomic mass is 19.4. The van der Waals surface area contributed by atoms with Crippen molar-refractivity contribution in [2.75, 3.05) is 0 Å². The van der Waals surface area contributed by atoms with Crippen LogP contribution in [0.4, 0.5) is 30.7 Å². The normalized spacial score (nSPS) is 17.1. The number of rotatable bonds is 11. The third-order valence-corrected chi connectivity index (χ3v) is 8.49. The second-order valence-corrected chi connectivity index (χ2v) is 11.7. The van der Waals surface area contributed by atoms with Crippen LogP contribution in [0.5, 0.6) is 11.5 Å². The molecule has 1 saturated carbocycles. The Morgan fingerprint density at radius 1 is 0.717 bits per heavy atom. The van der Waals surface area contributed by atoms with Gasteiger partial charge in [0.25, 0.3) is 0 Å². The summed E-state index contributed by atoms with van der Waals surface area (Å²) in [6.45, 7) is 2.23. The van der Waals surface area contributed by atoms with E-state index in [9.17, 15) is 30.7 Å². The number of halogens is 7. The molecule has 1 aliphatic carbocycles. The molecule has 0 aliphatic heterocycles. The van der Waals surface area contributed by atoms with Gasteiger partial charge in [0.2, 0.25) is 0 Å². The first-order chi connectivity index (χ1) is 21.9. The number of unbranched alkanes of at least 4 members (excludes halogenated alkanes) is 2. The summed E-state index contributed by atoms with van der Waals surface area (Å²) in [6, 6.07) is 15.8. The van der Waals surface area contributed by atoms with Crippen molar-refractivity contribution in [2.24, 2.45) is 5.92 Å². The van der Waals surface area contributed by atoms with Crippen molar-refractivity contribution in [1.29, 1.82) is 0 Å². The van der Waals surface area contributed by atoms with Crippen LogP contribution >= 0.6 is 0 Å². The number of pyridine rings is 1. The molecule has 0 spiro atoms. The highest BCUT2D eigenvalue weighted by Gasteiger charge is 2.38. The number of hydrogen-bond acceptors (Lipinski definition) is 3. The lowest BCUT2D eigenvalue weighted by atomic mass is 9.77. The number of nitrogens with zero attached hydrogens (tertiary/aromatic N) is 1. The van der Waals surface area contributed by atoms with E-state index in [1.165, 1.54) is 63.0 Å². The van der Waals surface area contributed by atoms with Crippen LogP contribution in [0.15, 0.2) is 79.0 Å². The van der Waals surface area contributed by atoms with Gasteiger partial charge in [0.15, 0.2) is 11.6 Å². The van der Waals surface area contributed by atoms with Crippen LogP contribution in [-0.2, 0) is 6.11 Å². The lowest BCUT2D eigenvalue weighted by Gasteiger charge is -2.28.